The highest BCUT2D eigenvalue weighted by Crippen LogP contribution is 2.47. The summed E-state index contributed by atoms with van der Waals surface area (Å²) in [5.74, 6) is 0.346. The highest BCUT2D eigenvalue weighted by atomic mass is 16.2. The summed E-state index contributed by atoms with van der Waals surface area (Å²) >= 11 is 0. The van der Waals surface area contributed by atoms with Gasteiger partial charge in [0.05, 0.1) is 0 Å². The van der Waals surface area contributed by atoms with E-state index >= 15 is 0 Å². The van der Waals surface area contributed by atoms with E-state index in [-0.39, 0.29) is 0 Å². The number of likely N-dealkylation sites (tertiary alicyclic amines) is 1. The molecule has 1 saturated heterocycles. The van der Waals surface area contributed by atoms with Gasteiger partial charge in [-0.1, -0.05) is 13.3 Å². The quantitative estimate of drug-likeness (QED) is 0.583. The number of rotatable bonds is 1. The fraction of sp³-hybridized carbons (Fsp3) is 0.900. The van der Waals surface area contributed by atoms with Crippen molar-refractivity contribution in [3.63, 3.8) is 0 Å². The first-order valence-corrected chi connectivity index (χ1v) is 5.04. The largest absolute Gasteiger partial charge is 0.342 e. The molecule has 2 fully saturated rings. The van der Waals surface area contributed by atoms with Crippen LogP contribution in [-0.4, -0.2) is 23.9 Å². The standard InChI is InChI=1S/C10H17NO/c1-2-9(12)11-7-6-10(8-11)4-3-5-10/h2-8H2,1H3. The Balaban J connectivity index is 1.93. The van der Waals surface area contributed by atoms with Crippen LogP contribution in [0.5, 0.6) is 0 Å². The Labute approximate surface area is 73.9 Å². The van der Waals surface area contributed by atoms with Crippen LogP contribution in [0, 0.1) is 5.41 Å². The summed E-state index contributed by atoms with van der Waals surface area (Å²) in [6.45, 7) is 4.03. The Morgan fingerprint density at radius 2 is 2.17 bits per heavy atom. The van der Waals surface area contributed by atoms with Gasteiger partial charge in [0.1, 0.15) is 0 Å². The molecular formula is C10H17NO. The zero-order valence-corrected chi connectivity index (χ0v) is 7.81. The normalized spacial score (nSPS) is 25.9. The molecule has 1 amide bonds. The topological polar surface area (TPSA) is 20.3 Å². The predicted molar refractivity (Wildman–Crippen MR) is 47.8 cm³/mol. The molecule has 0 unspecified atom stereocenters. The molecule has 1 aliphatic heterocycles. The van der Waals surface area contributed by atoms with Gasteiger partial charge in [0.2, 0.25) is 5.91 Å². The third-order valence-electron chi connectivity index (χ3n) is 3.51. The van der Waals surface area contributed by atoms with Crippen LogP contribution in [0.1, 0.15) is 39.0 Å². The first kappa shape index (κ1) is 8.09. The van der Waals surface area contributed by atoms with Gasteiger partial charge in [0.25, 0.3) is 0 Å². The van der Waals surface area contributed by atoms with Gasteiger partial charge in [-0.2, -0.15) is 0 Å². The molecule has 2 aliphatic rings. The van der Waals surface area contributed by atoms with Gasteiger partial charge in [0, 0.05) is 19.5 Å². The number of amides is 1. The molecule has 1 heterocycles. The molecule has 1 aliphatic carbocycles. The second-order valence-electron chi connectivity index (χ2n) is 4.27. The molecule has 2 nitrogen and oxygen atoms in total. The highest BCUT2D eigenvalue weighted by molar-refractivity contribution is 5.76. The van der Waals surface area contributed by atoms with Gasteiger partial charge in [-0.05, 0) is 24.7 Å². The van der Waals surface area contributed by atoms with E-state index in [2.05, 4.69) is 4.90 Å². The molecule has 1 spiro atoms. The Kier molecular flexibility index (Phi) is 1.85. The lowest BCUT2D eigenvalue weighted by Crippen LogP contribution is -2.35. The van der Waals surface area contributed by atoms with E-state index < -0.39 is 0 Å². The molecule has 0 bridgehead atoms. The van der Waals surface area contributed by atoms with Crippen molar-refractivity contribution in [1.82, 2.24) is 4.90 Å². The second-order valence-corrected chi connectivity index (χ2v) is 4.27. The van der Waals surface area contributed by atoms with Crippen LogP contribution in [0.3, 0.4) is 0 Å². The van der Waals surface area contributed by atoms with Crippen LogP contribution in [0.25, 0.3) is 0 Å². The molecule has 2 heteroatoms. The maximum absolute atomic E-state index is 11.4. The third-order valence-corrected chi connectivity index (χ3v) is 3.51. The van der Waals surface area contributed by atoms with Crippen molar-refractivity contribution in [3.05, 3.63) is 0 Å². The van der Waals surface area contributed by atoms with Gasteiger partial charge in [-0.3, -0.25) is 4.79 Å². The summed E-state index contributed by atoms with van der Waals surface area (Å²) in [6, 6.07) is 0. The van der Waals surface area contributed by atoms with E-state index in [4.69, 9.17) is 0 Å². The Bertz CT molecular complexity index is 196. The van der Waals surface area contributed by atoms with Crippen LogP contribution < -0.4 is 0 Å². The smallest absolute Gasteiger partial charge is 0.222 e. The van der Waals surface area contributed by atoms with Gasteiger partial charge >= 0.3 is 0 Å². The zero-order chi connectivity index (χ0) is 8.60. The van der Waals surface area contributed by atoms with Crippen molar-refractivity contribution >= 4 is 5.91 Å². The summed E-state index contributed by atoms with van der Waals surface area (Å²) in [6.07, 6.45) is 6.05. The first-order valence-electron chi connectivity index (χ1n) is 5.04. The number of nitrogens with zero attached hydrogens (tertiary/aromatic N) is 1. The molecule has 0 aromatic rings. The Hall–Kier alpha value is -0.530. The highest BCUT2D eigenvalue weighted by Gasteiger charge is 2.43. The van der Waals surface area contributed by atoms with Crippen LogP contribution in [0.4, 0.5) is 0 Å². The van der Waals surface area contributed by atoms with E-state index in [1.54, 1.807) is 0 Å². The van der Waals surface area contributed by atoms with Crippen LogP contribution in [0.15, 0.2) is 0 Å². The van der Waals surface area contributed by atoms with Crippen molar-refractivity contribution in [1.29, 1.82) is 0 Å². The Morgan fingerprint density at radius 3 is 2.58 bits per heavy atom. The van der Waals surface area contributed by atoms with Crippen molar-refractivity contribution in [2.75, 3.05) is 13.1 Å². The van der Waals surface area contributed by atoms with E-state index in [0.29, 0.717) is 17.7 Å². The van der Waals surface area contributed by atoms with Gasteiger partial charge in [-0.15, -0.1) is 0 Å². The van der Waals surface area contributed by atoms with Gasteiger partial charge in [0.15, 0.2) is 0 Å². The summed E-state index contributed by atoms with van der Waals surface area (Å²) in [7, 11) is 0. The second kappa shape index (κ2) is 2.75. The number of hydrogen-bond donors (Lipinski definition) is 0. The van der Waals surface area contributed by atoms with Gasteiger partial charge in [-0.25, -0.2) is 0 Å². The Morgan fingerprint density at radius 1 is 1.42 bits per heavy atom. The molecule has 0 aromatic carbocycles. The summed E-state index contributed by atoms with van der Waals surface area (Å²) in [5, 5.41) is 0. The average molecular weight is 167 g/mol. The number of carbonyl (C=O) groups excluding carboxylic acids is 1. The lowest BCUT2D eigenvalue weighted by molar-refractivity contribution is -0.130. The van der Waals surface area contributed by atoms with Crippen LogP contribution in [-0.2, 0) is 4.79 Å². The summed E-state index contributed by atoms with van der Waals surface area (Å²) in [4.78, 5) is 13.4. The van der Waals surface area contributed by atoms with E-state index in [1.165, 1.54) is 25.7 Å². The van der Waals surface area contributed by atoms with E-state index in [0.717, 1.165) is 13.1 Å². The van der Waals surface area contributed by atoms with Crippen molar-refractivity contribution in [3.8, 4) is 0 Å². The molecule has 0 N–H and O–H groups in total. The minimum atomic E-state index is 0.346. The fourth-order valence-corrected chi connectivity index (χ4v) is 2.46. The minimum Gasteiger partial charge on any atom is -0.342 e. The lowest BCUT2D eigenvalue weighted by Gasteiger charge is -2.37. The monoisotopic (exact) mass is 167 g/mol. The average Bonchev–Trinajstić information content (AvgIpc) is 2.46. The summed E-state index contributed by atoms with van der Waals surface area (Å²) in [5.41, 5.74) is 0.574. The molecule has 0 atom stereocenters. The van der Waals surface area contributed by atoms with Crippen molar-refractivity contribution in [2.45, 2.75) is 39.0 Å². The first-order chi connectivity index (χ1) is 5.76. The van der Waals surface area contributed by atoms with Crippen molar-refractivity contribution in [2.24, 2.45) is 5.41 Å². The maximum atomic E-state index is 11.4. The van der Waals surface area contributed by atoms with Crippen molar-refractivity contribution < 1.29 is 4.79 Å². The molecule has 0 radical (unpaired) electrons. The molecule has 2 rings (SSSR count). The maximum Gasteiger partial charge on any atom is 0.222 e. The zero-order valence-electron chi connectivity index (χ0n) is 7.81. The van der Waals surface area contributed by atoms with Gasteiger partial charge < -0.3 is 4.90 Å². The lowest BCUT2D eigenvalue weighted by atomic mass is 9.68. The van der Waals surface area contributed by atoms with Crippen LogP contribution >= 0.6 is 0 Å². The third kappa shape index (κ3) is 1.13. The summed E-state index contributed by atoms with van der Waals surface area (Å²) < 4.78 is 0. The molecule has 1 saturated carbocycles. The fourth-order valence-electron chi connectivity index (χ4n) is 2.46. The number of hydrogen-bond acceptors (Lipinski definition) is 1. The minimum absolute atomic E-state index is 0.346. The van der Waals surface area contributed by atoms with E-state index in [9.17, 15) is 4.79 Å². The molecule has 68 valence electrons. The molecule has 0 aromatic heterocycles. The molecule has 12 heavy (non-hydrogen) atoms. The van der Waals surface area contributed by atoms with Crippen LogP contribution in [0.2, 0.25) is 0 Å². The predicted octanol–water partition coefficient (Wildman–Crippen LogP) is 1.80. The molecular weight excluding hydrogens is 150 g/mol. The van der Waals surface area contributed by atoms with E-state index in [1.807, 2.05) is 6.92 Å². The number of carbonyl (C=O) groups is 1. The SMILES string of the molecule is CCC(=O)N1CCC2(CCC2)C1.